The minimum absolute atomic E-state index is 0. The topological polar surface area (TPSA) is 46.2 Å². The van der Waals surface area contributed by atoms with E-state index in [1.165, 1.54) is 6.26 Å². The Balaban J connectivity index is 0.00000169. The van der Waals surface area contributed by atoms with Crippen LogP contribution in [0.3, 0.4) is 0 Å². The quantitative estimate of drug-likeness (QED) is 0.491. The first-order chi connectivity index (χ1) is 6.03. The van der Waals surface area contributed by atoms with Gasteiger partial charge in [-0.15, -0.1) is 6.07 Å². The van der Waals surface area contributed by atoms with E-state index >= 15 is 0 Å². The third kappa shape index (κ3) is 4.08. The first-order valence-electron chi connectivity index (χ1n) is 4.03. The van der Waals surface area contributed by atoms with Crippen LogP contribution in [-0.4, -0.2) is 8.32 Å². The fourth-order valence-electron chi connectivity index (χ4n) is 0.842. The molecule has 0 aliphatic carbocycles. The molecule has 1 heterocycles. The van der Waals surface area contributed by atoms with Crippen LogP contribution in [0.5, 0.6) is 0 Å². The zero-order chi connectivity index (χ0) is 9.90. The maximum absolute atomic E-state index is 8.81. The van der Waals surface area contributed by atoms with Crippen molar-refractivity contribution >= 4 is 8.32 Å². The number of hydrogen-bond donors (Lipinski definition) is 0. The zero-order valence-corrected chi connectivity index (χ0v) is 10.00. The van der Waals surface area contributed by atoms with Crippen LogP contribution in [0.2, 0.25) is 19.6 Å². The summed E-state index contributed by atoms with van der Waals surface area (Å²) in [7, 11) is -1.72. The molecule has 0 radical (unpaired) electrons. The minimum Gasteiger partial charge on any atom is -0.501 e. The van der Waals surface area contributed by atoms with Gasteiger partial charge in [0.1, 0.15) is 0 Å². The molecule has 0 saturated carbocycles. The van der Waals surface area contributed by atoms with Gasteiger partial charge in [-0.05, 0) is 19.6 Å². The molecule has 14 heavy (non-hydrogen) atoms. The Hall–Kier alpha value is -0.586. The number of furan rings is 1. The normalized spacial score (nSPS) is 10.1. The molecule has 1 rings (SSSR count). The molecule has 0 aliphatic heterocycles. The third-order valence-corrected chi connectivity index (χ3v) is 2.07. The summed E-state index contributed by atoms with van der Waals surface area (Å²) in [5, 5.41) is 8.81. The van der Waals surface area contributed by atoms with Crippen molar-refractivity contribution in [1.29, 1.82) is 5.26 Å². The predicted molar refractivity (Wildman–Crippen MR) is 51.1 cm³/mol. The van der Waals surface area contributed by atoms with E-state index in [1.54, 1.807) is 12.1 Å². The molecule has 0 aliphatic rings. The van der Waals surface area contributed by atoms with E-state index < -0.39 is 8.32 Å². The summed E-state index contributed by atoms with van der Waals surface area (Å²) in [5.74, 6) is 0.505. The molecule has 0 unspecified atom stereocenters. The van der Waals surface area contributed by atoms with E-state index in [2.05, 4.69) is 0 Å². The maximum Gasteiger partial charge on any atom is 1.00 e. The average molecular weight is 201 g/mol. The summed E-state index contributed by atoms with van der Waals surface area (Å²) in [4.78, 5) is 0. The second-order valence-corrected chi connectivity index (χ2v) is 8.06. The van der Waals surface area contributed by atoms with E-state index in [9.17, 15) is 0 Å². The monoisotopic (exact) mass is 201 g/mol. The second kappa shape index (κ2) is 5.33. The fraction of sp³-hybridized carbons (Fsp3) is 0.333. The summed E-state index contributed by atoms with van der Waals surface area (Å²) < 4.78 is 10.6. The van der Waals surface area contributed by atoms with Crippen molar-refractivity contribution in [2.45, 2.75) is 19.6 Å². The molecule has 0 amide bonds. The van der Waals surface area contributed by atoms with Crippen molar-refractivity contribution in [1.82, 2.24) is 0 Å². The van der Waals surface area contributed by atoms with E-state index in [0.29, 0.717) is 5.76 Å². The largest absolute Gasteiger partial charge is 1.00 e. The Labute approximate surface area is 97.4 Å². The Morgan fingerprint density at radius 1 is 1.50 bits per heavy atom. The van der Waals surface area contributed by atoms with Gasteiger partial charge in [-0.25, -0.2) is 5.26 Å². The van der Waals surface area contributed by atoms with Gasteiger partial charge in [0.05, 0.1) is 6.26 Å². The Kier molecular flexibility index (Phi) is 5.11. The maximum atomic E-state index is 8.81. The van der Waals surface area contributed by atoms with Crippen LogP contribution in [0.4, 0.5) is 0 Å². The van der Waals surface area contributed by atoms with Gasteiger partial charge in [-0.3, -0.25) is 0 Å². The SMILES string of the molecule is C[Si](C)(C)O[C-](C#N)c1ccco1.[Li+]. The van der Waals surface area contributed by atoms with E-state index in [4.69, 9.17) is 14.1 Å². The molecule has 1 aromatic rings. The van der Waals surface area contributed by atoms with Gasteiger partial charge < -0.3 is 8.84 Å². The molecule has 1 aromatic heterocycles. The molecular weight excluding hydrogens is 189 g/mol. The number of nitriles is 1. The Bertz CT molecular complexity index is 300. The van der Waals surface area contributed by atoms with Gasteiger partial charge in [-0.2, -0.15) is 6.07 Å². The molecule has 3 nitrogen and oxygen atoms in total. The number of nitrogens with zero attached hydrogens (tertiary/aromatic N) is 1. The summed E-state index contributed by atoms with van der Waals surface area (Å²) in [5.41, 5.74) is 0. The molecule has 0 saturated heterocycles. The van der Waals surface area contributed by atoms with Crippen molar-refractivity contribution < 1.29 is 27.7 Å². The smallest absolute Gasteiger partial charge is 0.501 e. The Morgan fingerprint density at radius 2 is 2.14 bits per heavy atom. The summed E-state index contributed by atoms with van der Waals surface area (Å²) in [6.45, 7) is 6.06. The van der Waals surface area contributed by atoms with E-state index in [0.717, 1.165) is 0 Å². The molecule has 0 spiro atoms. The van der Waals surface area contributed by atoms with Crippen LogP contribution in [0, 0.1) is 17.4 Å². The summed E-state index contributed by atoms with van der Waals surface area (Å²) in [6, 6.07) is 5.45. The minimum atomic E-state index is -1.72. The van der Waals surface area contributed by atoms with Crippen molar-refractivity contribution in [2.24, 2.45) is 0 Å². The van der Waals surface area contributed by atoms with Crippen molar-refractivity contribution in [3.63, 3.8) is 0 Å². The van der Waals surface area contributed by atoms with Gasteiger partial charge in [0.15, 0.2) is 8.32 Å². The molecule has 0 atom stereocenters. The first-order valence-corrected chi connectivity index (χ1v) is 7.44. The molecule has 0 N–H and O–H groups in total. The van der Waals surface area contributed by atoms with Crippen molar-refractivity contribution in [2.75, 3.05) is 0 Å². The van der Waals surface area contributed by atoms with Crippen LogP contribution >= 0.6 is 0 Å². The average Bonchev–Trinajstić information content (AvgIpc) is 2.50. The van der Waals surface area contributed by atoms with Gasteiger partial charge >= 0.3 is 18.9 Å². The van der Waals surface area contributed by atoms with Crippen LogP contribution in [-0.2, 0) is 4.43 Å². The van der Waals surface area contributed by atoms with Gasteiger partial charge in [-0.1, -0.05) is 0 Å². The van der Waals surface area contributed by atoms with Gasteiger partial charge in [0.2, 0.25) is 0 Å². The second-order valence-electron chi connectivity index (χ2n) is 3.63. The molecule has 0 aromatic carbocycles. The molecule has 0 fully saturated rings. The number of rotatable bonds is 3. The Morgan fingerprint density at radius 3 is 2.50 bits per heavy atom. The van der Waals surface area contributed by atoms with Gasteiger partial charge in [0, 0.05) is 17.9 Å². The fourth-order valence-corrected chi connectivity index (χ4v) is 1.60. The van der Waals surface area contributed by atoms with Crippen LogP contribution in [0.1, 0.15) is 5.76 Å². The zero-order valence-electron chi connectivity index (χ0n) is 9.00. The van der Waals surface area contributed by atoms with E-state index in [1.807, 2.05) is 25.7 Å². The molecule has 5 heteroatoms. The summed E-state index contributed by atoms with van der Waals surface area (Å²) in [6.07, 6.45) is 1.81. The van der Waals surface area contributed by atoms with Crippen molar-refractivity contribution in [3.05, 3.63) is 30.3 Å². The van der Waals surface area contributed by atoms with Crippen LogP contribution < -0.4 is 18.9 Å². The molecular formula is C9H12LiNO2Si. The third-order valence-electron chi connectivity index (χ3n) is 1.25. The van der Waals surface area contributed by atoms with Crippen molar-refractivity contribution in [3.8, 4) is 6.07 Å². The van der Waals surface area contributed by atoms with Gasteiger partial charge in [0.25, 0.3) is 0 Å². The predicted octanol–water partition coefficient (Wildman–Crippen LogP) is -0.461. The molecule has 0 bridgehead atoms. The number of hydrogen-bond acceptors (Lipinski definition) is 3. The van der Waals surface area contributed by atoms with Crippen LogP contribution in [0.25, 0.3) is 0 Å². The summed E-state index contributed by atoms with van der Waals surface area (Å²) >= 11 is 0. The molecule has 70 valence electrons. The standard InChI is InChI=1S/C9H12NO2Si.Li/c1-13(2,3)12-9(7-10)8-5-4-6-11-8;/h4-6H,1-3H3;/q-1;+1. The van der Waals surface area contributed by atoms with E-state index in [-0.39, 0.29) is 25.0 Å². The van der Waals surface area contributed by atoms with Crippen LogP contribution in [0.15, 0.2) is 22.8 Å². The first kappa shape index (κ1) is 13.4.